The van der Waals surface area contributed by atoms with Crippen molar-refractivity contribution in [2.24, 2.45) is 0 Å². The van der Waals surface area contributed by atoms with Crippen LogP contribution in [0.2, 0.25) is 0 Å². The number of methoxy groups -OCH3 is 2. The van der Waals surface area contributed by atoms with E-state index in [1.165, 1.54) is 39.6 Å². The Balaban J connectivity index is 1.99. The molecule has 0 amide bonds. The van der Waals surface area contributed by atoms with Gasteiger partial charge in [0, 0.05) is 11.5 Å². The monoisotopic (exact) mass is 558 g/mol. The zero-order valence-electron chi connectivity index (χ0n) is 16.9. The maximum atomic E-state index is 11.4. The molecule has 166 valence electrons. The smallest absolute Gasteiger partial charge is 0.306 e. The average molecular weight is 559 g/mol. The lowest BCUT2D eigenvalue weighted by Gasteiger charge is -2.04. The second-order valence-corrected chi connectivity index (χ2v) is 14.9. The summed E-state index contributed by atoms with van der Waals surface area (Å²) < 4.78 is 17.0. The first-order chi connectivity index (χ1) is 14.5. The van der Waals surface area contributed by atoms with Gasteiger partial charge in [0.1, 0.15) is 0 Å². The molecular weight excluding hydrogens is 537 g/mol. The average Bonchev–Trinajstić information content (AvgIpc) is 3.35. The molecule has 0 fully saturated rings. The van der Waals surface area contributed by atoms with E-state index in [4.69, 9.17) is 9.47 Å². The van der Waals surface area contributed by atoms with E-state index in [1.807, 2.05) is 23.5 Å². The van der Waals surface area contributed by atoms with Crippen molar-refractivity contribution in [3.63, 3.8) is 0 Å². The third-order valence-corrected chi connectivity index (χ3v) is 13.9. The Bertz CT molecular complexity index is 718. The maximum absolute atomic E-state index is 11.4. The molecule has 2 aliphatic heterocycles. The number of ether oxygens (including phenoxy) is 2. The van der Waals surface area contributed by atoms with Crippen molar-refractivity contribution in [1.29, 1.82) is 0 Å². The van der Waals surface area contributed by atoms with Crippen LogP contribution in [-0.4, -0.2) is 50.2 Å². The normalized spacial score (nSPS) is 16.4. The Kier molecular flexibility index (Phi) is 13.3. The summed E-state index contributed by atoms with van der Waals surface area (Å²) >= 11 is 14.0. The number of hydrogen-bond acceptors (Lipinski definition) is 12. The van der Waals surface area contributed by atoms with Gasteiger partial charge in [0.15, 0.2) is 0 Å². The molecule has 0 radical (unpaired) electrons. The van der Waals surface area contributed by atoms with Gasteiger partial charge >= 0.3 is 11.9 Å². The highest BCUT2D eigenvalue weighted by atomic mass is 32.3. The minimum Gasteiger partial charge on any atom is -0.469 e. The number of carbonyl (C=O) groups excluding carboxylic acids is 2. The van der Waals surface area contributed by atoms with Crippen LogP contribution in [0.1, 0.15) is 12.8 Å². The van der Waals surface area contributed by atoms with E-state index in [1.54, 1.807) is 70.6 Å². The molecule has 0 aromatic rings. The molecule has 0 saturated heterocycles. The largest absolute Gasteiger partial charge is 0.469 e. The van der Waals surface area contributed by atoms with Gasteiger partial charge in [0.25, 0.3) is 0 Å². The van der Waals surface area contributed by atoms with E-state index >= 15 is 0 Å². The summed E-state index contributed by atoms with van der Waals surface area (Å²) in [6.07, 6.45) is 9.34. The molecule has 0 saturated carbocycles. The second-order valence-electron chi connectivity index (χ2n) is 5.29. The molecule has 0 aromatic carbocycles. The molecule has 12 heteroatoms. The summed E-state index contributed by atoms with van der Waals surface area (Å²) in [6, 6.07) is 0. The fraction of sp³-hybridized carbons (Fsp3) is 0.444. The fourth-order valence-corrected chi connectivity index (χ4v) is 12.4. The number of esters is 2. The van der Waals surface area contributed by atoms with Crippen molar-refractivity contribution in [3.8, 4) is 0 Å². The molecule has 0 bridgehead atoms. The number of rotatable bonds is 11. The molecule has 0 unspecified atom stereocenters. The van der Waals surface area contributed by atoms with E-state index in [0.717, 1.165) is 0 Å². The maximum Gasteiger partial charge on any atom is 0.306 e. The molecule has 0 aromatic heterocycles. The molecule has 4 nitrogen and oxygen atoms in total. The third-order valence-electron chi connectivity index (χ3n) is 3.37. The molecule has 30 heavy (non-hydrogen) atoms. The molecule has 0 aliphatic carbocycles. The van der Waals surface area contributed by atoms with Crippen LogP contribution in [0.5, 0.6) is 0 Å². The Morgan fingerprint density at radius 1 is 0.733 bits per heavy atom. The van der Waals surface area contributed by atoms with E-state index in [-0.39, 0.29) is 11.9 Å². The number of hydrogen-bond donors (Lipinski definition) is 0. The van der Waals surface area contributed by atoms with E-state index < -0.39 is 0 Å². The second kappa shape index (κ2) is 14.8. The van der Waals surface area contributed by atoms with E-state index in [9.17, 15) is 9.59 Å². The van der Waals surface area contributed by atoms with Crippen LogP contribution >= 0.6 is 94.1 Å². The molecule has 0 N–H and O–H groups in total. The van der Waals surface area contributed by atoms with Crippen LogP contribution < -0.4 is 0 Å². The van der Waals surface area contributed by atoms with E-state index in [0.29, 0.717) is 24.3 Å². The predicted octanol–water partition coefficient (Wildman–Crippen LogP) is 7.20. The van der Waals surface area contributed by atoms with Crippen LogP contribution in [0.4, 0.5) is 0 Å². The van der Waals surface area contributed by atoms with Crippen LogP contribution in [0, 0.1) is 0 Å². The van der Waals surface area contributed by atoms with Crippen LogP contribution in [0.3, 0.4) is 0 Å². The number of allylic oxidation sites excluding steroid dienone is 2. The van der Waals surface area contributed by atoms with Gasteiger partial charge in [0.2, 0.25) is 0 Å². The first-order valence-corrected chi connectivity index (χ1v) is 16.3. The minimum absolute atomic E-state index is 0.198. The summed E-state index contributed by atoms with van der Waals surface area (Å²) in [5.74, 6) is 0.955. The lowest BCUT2D eigenvalue weighted by Crippen LogP contribution is -2.01. The highest BCUT2D eigenvalue weighted by Crippen LogP contribution is 2.59. The van der Waals surface area contributed by atoms with Crippen LogP contribution in [0.15, 0.2) is 37.6 Å². The Hall–Kier alpha value is 0.700. The first kappa shape index (κ1) is 26.9. The fourth-order valence-electron chi connectivity index (χ4n) is 1.93. The van der Waals surface area contributed by atoms with Gasteiger partial charge in [-0.3, -0.25) is 9.59 Å². The van der Waals surface area contributed by atoms with Crippen LogP contribution in [0.25, 0.3) is 0 Å². The lowest BCUT2D eigenvalue weighted by molar-refractivity contribution is -0.140. The highest BCUT2D eigenvalue weighted by molar-refractivity contribution is 8.41. The van der Waals surface area contributed by atoms with Crippen molar-refractivity contribution >= 4 is 106 Å². The van der Waals surface area contributed by atoms with Gasteiger partial charge in [-0.25, -0.2) is 0 Å². The predicted molar refractivity (Wildman–Crippen MR) is 146 cm³/mol. The van der Waals surface area contributed by atoms with Gasteiger partial charge in [-0.05, 0) is 24.7 Å². The molecule has 0 atom stereocenters. The summed E-state index contributed by atoms with van der Waals surface area (Å²) in [7, 11) is 2.82. The molecule has 2 aliphatic rings. The number of thioether (sulfide) groups is 8. The summed E-state index contributed by atoms with van der Waals surface area (Å²) in [4.78, 5) is 22.8. The van der Waals surface area contributed by atoms with Gasteiger partial charge in [-0.2, -0.15) is 0 Å². The van der Waals surface area contributed by atoms with Gasteiger partial charge in [-0.15, -0.1) is 47.0 Å². The summed E-state index contributed by atoms with van der Waals surface area (Å²) in [5, 5.41) is 0. The zero-order valence-corrected chi connectivity index (χ0v) is 23.4. The van der Waals surface area contributed by atoms with Crippen molar-refractivity contribution in [3.05, 3.63) is 37.6 Å². The van der Waals surface area contributed by atoms with E-state index in [2.05, 4.69) is 24.7 Å². The topological polar surface area (TPSA) is 52.6 Å². The molecular formula is C18H22O4S8. The first-order valence-electron chi connectivity index (χ1n) is 8.59. The SMILES string of the molecule is COC(=O)CCSC1=C(SCCC(=O)OC)SC(=CC=C2SC(SC)=C(SC)S2)S1. The van der Waals surface area contributed by atoms with Gasteiger partial charge < -0.3 is 9.47 Å². The van der Waals surface area contributed by atoms with Crippen molar-refractivity contribution < 1.29 is 19.1 Å². The van der Waals surface area contributed by atoms with Crippen molar-refractivity contribution in [1.82, 2.24) is 0 Å². The molecule has 0 spiro atoms. The Labute approximate surface area is 212 Å². The Morgan fingerprint density at radius 2 is 1.10 bits per heavy atom. The molecule has 2 rings (SSSR count). The van der Waals surface area contributed by atoms with Gasteiger partial charge in [0.05, 0.1) is 52.5 Å². The zero-order chi connectivity index (χ0) is 21.9. The van der Waals surface area contributed by atoms with Crippen molar-refractivity contribution in [2.45, 2.75) is 12.8 Å². The third kappa shape index (κ3) is 8.92. The van der Waals surface area contributed by atoms with Crippen molar-refractivity contribution in [2.75, 3.05) is 38.2 Å². The summed E-state index contributed by atoms with van der Waals surface area (Å²) in [5.41, 5.74) is 0. The summed E-state index contributed by atoms with van der Waals surface area (Å²) in [6.45, 7) is 0. The standard InChI is InChI=1S/C18H22O4S8/c1-21-11(19)7-9-25-17-18(26-10-8-12(20)22-2)30-14(29-17)6-5-13-27-15(23-3)16(24-4)28-13/h5-6H,7-10H2,1-4H3. The number of carbonyl (C=O) groups is 2. The Morgan fingerprint density at radius 3 is 1.43 bits per heavy atom. The quantitative estimate of drug-likeness (QED) is 0.241. The minimum atomic E-state index is -0.198. The van der Waals surface area contributed by atoms with Gasteiger partial charge in [-0.1, -0.05) is 47.0 Å². The highest BCUT2D eigenvalue weighted by Gasteiger charge is 2.23. The lowest BCUT2D eigenvalue weighted by atomic mass is 10.5. The van der Waals surface area contributed by atoms with Crippen LogP contribution in [-0.2, 0) is 19.1 Å². The molecule has 2 heterocycles.